The molecule has 0 N–H and O–H groups in total. The molecule has 0 spiro atoms. The fourth-order valence-electron chi connectivity index (χ4n) is 2.02. The number of rotatable bonds is 5. The molecule has 1 atom stereocenters. The van der Waals surface area contributed by atoms with Crippen molar-refractivity contribution in [2.45, 2.75) is 33.2 Å². The van der Waals surface area contributed by atoms with Gasteiger partial charge in [0.15, 0.2) is 0 Å². The minimum absolute atomic E-state index is 0.00794. The van der Waals surface area contributed by atoms with E-state index in [1.54, 1.807) is 32.9 Å². The number of benzene rings is 1. The van der Waals surface area contributed by atoms with E-state index in [1.165, 1.54) is 0 Å². The summed E-state index contributed by atoms with van der Waals surface area (Å²) in [5.41, 5.74) is 0.0565. The number of ether oxygens (including phenoxy) is 1. The Bertz CT molecular complexity index is 517. The van der Waals surface area contributed by atoms with E-state index in [0.717, 1.165) is 11.3 Å². The van der Waals surface area contributed by atoms with Gasteiger partial charge >= 0.3 is 0 Å². The van der Waals surface area contributed by atoms with Crippen molar-refractivity contribution in [2.75, 3.05) is 14.2 Å². The predicted molar refractivity (Wildman–Crippen MR) is 78.3 cm³/mol. The Hall–Kier alpha value is -2.02. The number of hydrogen-bond acceptors (Lipinski definition) is 3. The third kappa shape index (κ3) is 3.51. The highest BCUT2D eigenvalue weighted by atomic mass is 16.5. The van der Waals surface area contributed by atoms with Crippen molar-refractivity contribution in [3.63, 3.8) is 0 Å². The van der Waals surface area contributed by atoms with Crippen LogP contribution in [0.3, 0.4) is 0 Å². The fraction of sp³-hybridized carbons (Fsp3) is 0.500. The third-order valence-corrected chi connectivity index (χ3v) is 3.50. The summed E-state index contributed by atoms with van der Waals surface area (Å²) in [5.74, 6) is 0.655. The molecule has 0 heterocycles. The van der Waals surface area contributed by atoms with E-state index in [4.69, 9.17) is 10.00 Å². The van der Waals surface area contributed by atoms with E-state index in [-0.39, 0.29) is 11.9 Å². The van der Waals surface area contributed by atoms with Crippen LogP contribution in [-0.2, 0) is 11.2 Å². The molecule has 0 aliphatic heterocycles. The summed E-state index contributed by atoms with van der Waals surface area (Å²) in [5, 5.41) is 9.05. The van der Waals surface area contributed by atoms with Crippen molar-refractivity contribution in [3.8, 4) is 11.8 Å². The van der Waals surface area contributed by atoms with Crippen LogP contribution in [0.25, 0.3) is 0 Å². The van der Waals surface area contributed by atoms with E-state index < -0.39 is 5.41 Å². The Labute approximate surface area is 121 Å². The highest BCUT2D eigenvalue weighted by Gasteiger charge is 2.32. The molecule has 20 heavy (non-hydrogen) atoms. The molecule has 0 saturated heterocycles. The van der Waals surface area contributed by atoms with Gasteiger partial charge in [0.2, 0.25) is 5.91 Å². The van der Waals surface area contributed by atoms with E-state index in [9.17, 15) is 4.79 Å². The quantitative estimate of drug-likeness (QED) is 0.829. The second-order valence-corrected chi connectivity index (χ2v) is 5.52. The second-order valence-electron chi connectivity index (χ2n) is 5.52. The van der Waals surface area contributed by atoms with Crippen LogP contribution in [0, 0.1) is 16.7 Å². The van der Waals surface area contributed by atoms with Crippen molar-refractivity contribution in [3.05, 3.63) is 29.8 Å². The first-order valence-electron chi connectivity index (χ1n) is 6.64. The summed E-state index contributed by atoms with van der Waals surface area (Å²) in [7, 11) is 3.37. The Balaban J connectivity index is 2.84. The van der Waals surface area contributed by atoms with Crippen molar-refractivity contribution in [1.29, 1.82) is 5.26 Å². The van der Waals surface area contributed by atoms with Gasteiger partial charge in [-0.05, 0) is 38.8 Å². The molecule has 0 radical (unpaired) electrons. The lowest BCUT2D eigenvalue weighted by Crippen LogP contribution is -2.43. The zero-order valence-electron chi connectivity index (χ0n) is 12.8. The van der Waals surface area contributed by atoms with Crippen molar-refractivity contribution >= 4 is 5.91 Å². The molecule has 108 valence electrons. The number of para-hydroxylation sites is 1. The third-order valence-electron chi connectivity index (χ3n) is 3.50. The van der Waals surface area contributed by atoms with Gasteiger partial charge in [-0.15, -0.1) is 0 Å². The zero-order valence-corrected chi connectivity index (χ0v) is 12.8. The molecule has 1 amide bonds. The number of amides is 1. The molecule has 4 nitrogen and oxygen atoms in total. The number of nitrogens with zero attached hydrogens (tertiary/aromatic N) is 2. The first-order chi connectivity index (χ1) is 9.33. The average molecular weight is 274 g/mol. The number of carbonyl (C=O) groups excluding carboxylic acids is 1. The van der Waals surface area contributed by atoms with Crippen LogP contribution in [0.5, 0.6) is 5.75 Å². The Morgan fingerprint density at radius 3 is 2.60 bits per heavy atom. The lowest BCUT2D eigenvalue weighted by Gasteiger charge is -2.30. The van der Waals surface area contributed by atoms with Crippen LogP contribution in [0.1, 0.15) is 26.3 Å². The minimum atomic E-state index is -0.996. The van der Waals surface area contributed by atoms with E-state index >= 15 is 0 Å². The number of carbonyl (C=O) groups is 1. The van der Waals surface area contributed by atoms with Gasteiger partial charge in [-0.2, -0.15) is 5.26 Å². The molecule has 4 heteroatoms. The molecule has 1 aromatic carbocycles. The van der Waals surface area contributed by atoms with E-state index in [0.29, 0.717) is 6.42 Å². The maximum Gasteiger partial charge on any atom is 0.242 e. The topological polar surface area (TPSA) is 53.3 Å². The van der Waals surface area contributed by atoms with Gasteiger partial charge in [-0.25, -0.2) is 0 Å². The molecule has 0 saturated carbocycles. The normalized spacial score (nSPS) is 12.4. The summed E-state index contributed by atoms with van der Waals surface area (Å²) >= 11 is 0. The number of methoxy groups -OCH3 is 1. The van der Waals surface area contributed by atoms with Crippen LogP contribution in [0.2, 0.25) is 0 Å². The van der Waals surface area contributed by atoms with Gasteiger partial charge in [-0.3, -0.25) is 4.79 Å². The minimum Gasteiger partial charge on any atom is -0.496 e. The smallest absolute Gasteiger partial charge is 0.242 e. The molecular formula is C16H22N2O2. The van der Waals surface area contributed by atoms with Gasteiger partial charge in [0.1, 0.15) is 11.2 Å². The van der Waals surface area contributed by atoms with Crippen LogP contribution in [0.4, 0.5) is 0 Å². The molecule has 0 bridgehead atoms. The van der Waals surface area contributed by atoms with Gasteiger partial charge in [0.25, 0.3) is 0 Å². The summed E-state index contributed by atoms with van der Waals surface area (Å²) in [6.07, 6.45) is 0.688. The first kappa shape index (κ1) is 16.0. The molecule has 0 aromatic heterocycles. The highest BCUT2D eigenvalue weighted by molar-refractivity contribution is 5.84. The SMILES string of the molecule is COc1ccccc1CC(C)N(C)C(=O)C(C)(C)C#N. The van der Waals surface area contributed by atoms with Crippen LogP contribution >= 0.6 is 0 Å². The summed E-state index contributed by atoms with van der Waals surface area (Å²) in [4.78, 5) is 13.9. The average Bonchev–Trinajstić information content (AvgIpc) is 2.46. The van der Waals surface area contributed by atoms with Gasteiger partial charge in [-0.1, -0.05) is 18.2 Å². The number of hydrogen-bond donors (Lipinski definition) is 0. The maximum atomic E-state index is 12.3. The molecule has 1 unspecified atom stereocenters. The molecule has 0 fully saturated rings. The summed E-state index contributed by atoms with van der Waals surface area (Å²) in [6.45, 7) is 5.25. The van der Waals surface area contributed by atoms with Crippen molar-refractivity contribution < 1.29 is 9.53 Å². The first-order valence-corrected chi connectivity index (χ1v) is 6.64. The van der Waals surface area contributed by atoms with Gasteiger partial charge in [0, 0.05) is 13.1 Å². The second kappa shape index (κ2) is 6.42. The largest absolute Gasteiger partial charge is 0.496 e. The molecular weight excluding hydrogens is 252 g/mol. The Morgan fingerprint density at radius 2 is 2.05 bits per heavy atom. The van der Waals surface area contributed by atoms with Crippen LogP contribution < -0.4 is 4.74 Å². The Morgan fingerprint density at radius 1 is 1.45 bits per heavy atom. The summed E-state index contributed by atoms with van der Waals surface area (Å²) < 4.78 is 5.32. The van der Waals surface area contributed by atoms with E-state index in [1.807, 2.05) is 37.3 Å². The van der Waals surface area contributed by atoms with Crippen LogP contribution in [-0.4, -0.2) is 31.0 Å². The van der Waals surface area contributed by atoms with Crippen LogP contribution in [0.15, 0.2) is 24.3 Å². The highest BCUT2D eigenvalue weighted by Crippen LogP contribution is 2.23. The number of likely N-dealkylation sites (N-methyl/N-ethyl adjacent to an activating group) is 1. The lowest BCUT2D eigenvalue weighted by atomic mass is 9.93. The summed E-state index contributed by atoms with van der Waals surface area (Å²) in [6, 6.07) is 9.80. The number of nitriles is 1. The Kier molecular flexibility index (Phi) is 5.15. The van der Waals surface area contributed by atoms with E-state index in [2.05, 4.69) is 0 Å². The molecule has 0 aliphatic carbocycles. The van der Waals surface area contributed by atoms with Crippen molar-refractivity contribution in [1.82, 2.24) is 4.90 Å². The standard InChI is InChI=1S/C16H22N2O2/c1-12(18(4)15(19)16(2,3)11-17)10-13-8-6-7-9-14(13)20-5/h6-9,12H,10H2,1-5H3. The monoisotopic (exact) mass is 274 g/mol. The van der Waals surface area contributed by atoms with Gasteiger partial charge < -0.3 is 9.64 Å². The molecule has 1 rings (SSSR count). The fourth-order valence-corrected chi connectivity index (χ4v) is 2.02. The maximum absolute atomic E-state index is 12.3. The predicted octanol–water partition coefficient (Wildman–Crippen LogP) is 2.63. The molecule has 0 aliphatic rings. The zero-order chi connectivity index (χ0) is 15.3. The van der Waals surface area contributed by atoms with Crippen molar-refractivity contribution in [2.24, 2.45) is 5.41 Å². The lowest BCUT2D eigenvalue weighted by molar-refractivity contribution is -0.138. The van der Waals surface area contributed by atoms with Gasteiger partial charge in [0.05, 0.1) is 13.2 Å². The molecule has 1 aromatic rings.